The summed E-state index contributed by atoms with van der Waals surface area (Å²) in [5.74, 6) is 0.950. The highest BCUT2D eigenvalue weighted by Gasteiger charge is 2.36. The first kappa shape index (κ1) is 14.7. The van der Waals surface area contributed by atoms with E-state index in [9.17, 15) is 4.79 Å². The third-order valence-corrected chi connectivity index (χ3v) is 3.74. The zero-order valence-corrected chi connectivity index (χ0v) is 11.5. The number of amides is 1. The molecular weight excluding hydrogens is 228 g/mol. The summed E-state index contributed by atoms with van der Waals surface area (Å²) in [6.45, 7) is 4.48. The van der Waals surface area contributed by atoms with Gasteiger partial charge in [-0.3, -0.25) is 4.79 Å². The lowest BCUT2D eigenvalue weighted by Gasteiger charge is -2.30. The smallest absolute Gasteiger partial charge is 0.235 e. The predicted octanol–water partition coefficient (Wildman–Crippen LogP) is 1.51. The average molecular weight is 248 g/mol. The zero-order chi connectivity index (χ0) is 12.1. The Morgan fingerprint density at radius 2 is 2.13 bits per heavy atom. The number of hydrogen-bond acceptors (Lipinski definition) is 3. The molecule has 0 aromatic heterocycles. The number of thiocarbonyl (C=S) groups is 1. The highest BCUT2D eigenvalue weighted by molar-refractivity contribution is 7.98. The van der Waals surface area contributed by atoms with Crippen molar-refractivity contribution in [3.8, 4) is 0 Å². The van der Waals surface area contributed by atoms with Crippen LogP contribution < -0.4 is 5.73 Å². The molecule has 0 heterocycles. The van der Waals surface area contributed by atoms with Gasteiger partial charge in [0.05, 0.1) is 10.4 Å². The summed E-state index contributed by atoms with van der Waals surface area (Å²) in [5, 5.41) is 0. The van der Waals surface area contributed by atoms with Crippen LogP contribution in [0.25, 0.3) is 0 Å². The van der Waals surface area contributed by atoms with Crippen LogP contribution in [0, 0.1) is 5.41 Å². The molecule has 0 aromatic rings. The van der Waals surface area contributed by atoms with Crippen LogP contribution in [0.5, 0.6) is 0 Å². The number of nitrogens with two attached hydrogens (primary N) is 1. The van der Waals surface area contributed by atoms with Gasteiger partial charge in [0, 0.05) is 19.3 Å². The molecule has 0 spiro atoms. The fourth-order valence-corrected chi connectivity index (χ4v) is 1.87. The van der Waals surface area contributed by atoms with Gasteiger partial charge < -0.3 is 10.6 Å². The fourth-order valence-electron chi connectivity index (χ4n) is 1.18. The molecule has 2 N–H and O–H groups in total. The van der Waals surface area contributed by atoms with E-state index in [1.165, 1.54) is 0 Å². The lowest BCUT2D eigenvalue weighted by molar-refractivity contribution is -0.136. The summed E-state index contributed by atoms with van der Waals surface area (Å²) in [4.78, 5) is 14.1. The van der Waals surface area contributed by atoms with Crippen molar-refractivity contribution in [2.75, 3.05) is 25.6 Å². The van der Waals surface area contributed by atoms with Gasteiger partial charge >= 0.3 is 0 Å². The second-order valence-electron chi connectivity index (χ2n) is 3.77. The monoisotopic (exact) mass is 248 g/mol. The van der Waals surface area contributed by atoms with E-state index in [1.807, 2.05) is 20.1 Å². The van der Waals surface area contributed by atoms with Gasteiger partial charge in [-0.15, -0.1) is 0 Å². The van der Waals surface area contributed by atoms with Crippen molar-refractivity contribution in [3.05, 3.63) is 0 Å². The predicted molar refractivity (Wildman–Crippen MR) is 71.2 cm³/mol. The molecule has 0 aromatic carbocycles. The SMILES string of the molecule is CCC(C)(C(=O)N(C)CCSC)C(N)=S. The Morgan fingerprint density at radius 3 is 2.47 bits per heavy atom. The van der Waals surface area contributed by atoms with Gasteiger partial charge in [0.2, 0.25) is 5.91 Å². The maximum absolute atomic E-state index is 12.1. The van der Waals surface area contributed by atoms with Gasteiger partial charge in [-0.2, -0.15) is 11.8 Å². The number of rotatable bonds is 6. The van der Waals surface area contributed by atoms with Crippen LogP contribution >= 0.6 is 24.0 Å². The maximum Gasteiger partial charge on any atom is 0.235 e. The number of thioether (sulfide) groups is 1. The highest BCUT2D eigenvalue weighted by Crippen LogP contribution is 2.24. The van der Waals surface area contributed by atoms with E-state index in [0.29, 0.717) is 6.42 Å². The van der Waals surface area contributed by atoms with Crippen molar-refractivity contribution in [2.45, 2.75) is 20.3 Å². The average Bonchev–Trinajstić information content (AvgIpc) is 2.23. The molecule has 0 aliphatic carbocycles. The molecule has 0 fully saturated rings. The van der Waals surface area contributed by atoms with Crippen molar-refractivity contribution < 1.29 is 4.79 Å². The van der Waals surface area contributed by atoms with Crippen LogP contribution in [0.2, 0.25) is 0 Å². The van der Waals surface area contributed by atoms with Crippen molar-refractivity contribution in [1.29, 1.82) is 0 Å². The minimum atomic E-state index is -0.692. The van der Waals surface area contributed by atoms with Crippen LogP contribution in [-0.2, 0) is 4.79 Å². The van der Waals surface area contributed by atoms with Crippen LogP contribution in [0.15, 0.2) is 0 Å². The molecule has 3 nitrogen and oxygen atoms in total. The fraction of sp³-hybridized carbons (Fsp3) is 0.800. The molecule has 0 radical (unpaired) electrons. The number of hydrogen-bond donors (Lipinski definition) is 1. The molecule has 0 saturated carbocycles. The molecule has 0 aliphatic rings. The third kappa shape index (κ3) is 3.65. The lowest BCUT2D eigenvalue weighted by Crippen LogP contribution is -2.47. The third-order valence-electron chi connectivity index (χ3n) is 2.70. The minimum absolute atomic E-state index is 0.0200. The summed E-state index contributed by atoms with van der Waals surface area (Å²) < 4.78 is 0. The molecule has 1 amide bonds. The van der Waals surface area contributed by atoms with E-state index >= 15 is 0 Å². The van der Waals surface area contributed by atoms with Gasteiger partial charge in [-0.1, -0.05) is 19.1 Å². The summed E-state index contributed by atoms with van der Waals surface area (Å²) in [7, 11) is 1.80. The second-order valence-corrected chi connectivity index (χ2v) is 5.19. The first-order valence-corrected chi connectivity index (χ1v) is 6.74. The van der Waals surface area contributed by atoms with Gasteiger partial charge in [0.1, 0.15) is 0 Å². The molecule has 88 valence electrons. The topological polar surface area (TPSA) is 46.3 Å². The maximum atomic E-state index is 12.1. The number of carbonyl (C=O) groups is 1. The van der Waals surface area contributed by atoms with E-state index < -0.39 is 5.41 Å². The molecule has 0 aliphatic heterocycles. The highest BCUT2D eigenvalue weighted by atomic mass is 32.2. The molecule has 0 bridgehead atoms. The molecular formula is C10H20N2OS2. The van der Waals surface area contributed by atoms with Crippen LogP contribution in [0.3, 0.4) is 0 Å². The normalized spacial score (nSPS) is 14.4. The van der Waals surface area contributed by atoms with Gasteiger partial charge in [0.25, 0.3) is 0 Å². The van der Waals surface area contributed by atoms with Crippen molar-refractivity contribution in [1.82, 2.24) is 4.90 Å². The van der Waals surface area contributed by atoms with Gasteiger partial charge in [-0.25, -0.2) is 0 Å². The van der Waals surface area contributed by atoms with Crippen LogP contribution in [0.1, 0.15) is 20.3 Å². The van der Waals surface area contributed by atoms with E-state index in [-0.39, 0.29) is 10.9 Å². The van der Waals surface area contributed by atoms with Gasteiger partial charge in [0.15, 0.2) is 0 Å². The number of carbonyl (C=O) groups excluding carboxylic acids is 1. The summed E-state index contributed by atoms with van der Waals surface area (Å²) in [5.41, 5.74) is 4.94. The van der Waals surface area contributed by atoms with E-state index in [1.54, 1.807) is 23.7 Å². The molecule has 15 heavy (non-hydrogen) atoms. The molecule has 1 atom stereocenters. The second kappa shape index (κ2) is 6.33. The van der Waals surface area contributed by atoms with Crippen molar-refractivity contribution in [3.63, 3.8) is 0 Å². The van der Waals surface area contributed by atoms with Gasteiger partial charge in [-0.05, 0) is 19.6 Å². The molecule has 1 unspecified atom stereocenters. The van der Waals surface area contributed by atoms with Crippen LogP contribution in [-0.4, -0.2) is 41.4 Å². The number of nitrogens with zero attached hydrogens (tertiary/aromatic N) is 1. The Balaban J connectivity index is 4.58. The zero-order valence-electron chi connectivity index (χ0n) is 9.87. The molecule has 5 heteroatoms. The Labute approximate surface area is 102 Å². The largest absolute Gasteiger partial charge is 0.392 e. The van der Waals surface area contributed by atoms with Crippen LogP contribution in [0.4, 0.5) is 0 Å². The lowest BCUT2D eigenvalue weighted by atomic mass is 9.86. The van der Waals surface area contributed by atoms with Crippen molar-refractivity contribution in [2.24, 2.45) is 11.1 Å². The Kier molecular flexibility index (Phi) is 6.20. The van der Waals surface area contributed by atoms with E-state index in [2.05, 4.69) is 0 Å². The quantitative estimate of drug-likeness (QED) is 0.724. The summed E-state index contributed by atoms with van der Waals surface area (Å²) in [6.07, 6.45) is 2.66. The Bertz CT molecular complexity index is 246. The van der Waals surface area contributed by atoms with E-state index in [0.717, 1.165) is 12.3 Å². The van der Waals surface area contributed by atoms with E-state index in [4.69, 9.17) is 18.0 Å². The molecule has 0 rings (SSSR count). The standard InChI is InChI=1S/C10H20N2OS2/c1-5-10(2,8(11)14)9(13)12(3)6-7-15-4/h5-7H2,1-4H3,(H2,11,14). The first-order valence-electron chi connectivity index (χ1n) is 4.94. The first-order chi connectivity index (χ1) is 6.90. The van der Waals surface area contributed by atoms with Crippen molar-refractivity contribution >= 4 is 34.9 Å². The summed E-state index contributed by atoms with van der Waals surface area (Å²) in [6, 6.07) is 0. The summed E-state index contributed by atoms with van der Waals surface area (Å²) >= 11 is 6.68. The minimum Gasteiger partial charge on any atom is -0.392 e. The Morgan fingerprint density at radius 1 is 1.60 bits per heavy atom. The Hall–Kier alpha value is -0.290. The molecule has 0 saturated heterocycles.